The first-order valence-electron chi connectivity index (χ1n) is 7.92. The van der Waals surface area contributed by atoms with Crippen LogP contribution in [-0.2, 0) is 11.3 Å². The Morgan fingerprint density at radius 1 is 1.24 bits per heavy atom. The highest BCUT2D eigenvalue weighted by Crippen LogP contribution is 2.08. The minimum absolute atomic E-state index is 0.386. The van der Waals surface area contributed by atoms with Crippen molar-refractivity contribution in [1.29, 1.82) is 0 Å². The summed E-state index contributed by atoms with van der Waals surface area (Å²) in [7, 11) is 0. The molecular weight excluding hydrogens is 262 g/mol. The number of benzene rings is 1. The van der Waals surface area contributed by atoms with Gasteiger partial charge in [-0.25, -0.2) is 0 Å². The fourth-order valence-electron chi connectivity index (χ4n) is 2.48. The van der Waals surface area contributed by atoms with Crippen LogP contribution in [0.15, 0.2) is 35.3 Å². The Bertz CT molecular complexity index is 427. The van der Waals surface area contributed by atoms with Gasteiger partial charge in [0, 0.05) is 19.6 Å². The van der Waals surface area contributed by atoms with Crippen molar-refractivity contribution in [1.82, 2.24) is 4.90 Å². The van der Waals surface area contributed by atoms with E-state index in [-0.39, 0.29) is 0 Å². The van der Waals surface area contributed by atoms with Crippen LogP contribution in [0.25, 0.3) is 0 Å². The van der Waals surface area contributed by atoms with E-state index in [1.165, 1.54) is 24.8 Å². The Morgan fingerprint density at radius 3 is 2.67 bits per heavy atom. The minimum atomic E-state index is 0.386. The lowest BCUT2D eigenvalue weighted by Gasteiger charge is -2.27. The summed E-state index contributed by atoms with van der Waals surface area (Å²) in [5, 5.41) is 0. The van der Waals surface area contributed by atoms with Gasteiger partial charge in [0.2, 0.25) is 0 Å². The number of hydrogen-bond acceptors (Lipinski definition) is 2. The molecule has 0 spiro atoms. The minimum Gasteiger partial charge on any atom is -0.376 e. The summed E-state index contributed by atoms with van der Waals surface area (Å²) in [6.07, 6.45) is 3.77. The molecule has 116 valence electrons. The SMILES string of the molecule is CC(CN=C(N)N1CCCCC1)COCc1ccccc1. The number of hydrogen-bond donors (Lipinski definition) is 1. The van der Waals surface area contributed by atoms with Gasteiger partial charge in [0.1, 0.15) is 0 Å². The summed E-state index contributed by atoms with van der Waals surface area (Å²) >= 11 is 0. The van der Waals surface area contributed by atoms with Crippen LogP contribution in [0, 0.1) is 5.92 Å². The summed E-state index contributed by atoms with van der Waals surface area (Å²) < 4.78 is 5.74. The van der Waals surface area contributed by atoms with E-state index in [0.717, 1.165) is 19.6 Å². The molecule has 0 saturated carbocycles. The Morgan fingerprint density at radius 2 is 1.95 bits per heavy atom. The van der Waals surface area contributed by atoms with Crippen molar-refractivity contribution in [2.24, 2.45) is 16.6 Å². The van der Waals surface area contributed by atoms with Crippen molar-refractivity contribution in [2.45, 2.75) is 32.8 Å². The van der Waals surface area contributed by atoms with Gasteiger partial charge in [-0.3, -0.25) is 4.99 Å². The number of piperidine rings is 1. The molecule has 1 unspecified atom stereocenters. The highest BCUT2D eigenvalue weighted by atomic mass is 16.5. The molecule has 2 N–H and O–H groups in total. The van der Waals surface area contributed by atoms with E-state index in [2.05, 4.69) is 28.9 Å². The highest BCUT2D eigenvalue weighted by Gasteiger charge is 2.12. The molecule has 2 rings (SSSR count). The third kappa shape index (κ3) is 5.76. The zero-order valence-electron chi connectivity index (χ0n) is 13.0. The van der Waals surface area contributed by atoms with E-state index in [0.29, 0.717) is 25.1 Å². The van der Waals surface area contributed by atoms with Gasteiger partial charge in [-0.15, -0.1) is 0 Å². The van der Waals surface area contributed by atoms with Crippen LogP contribution in [0.5, 0.6) is 0 Å². The summed E-state index contributed by atoms with van der Waals surface area (Å²) in [5.41, 5.74) is 7.26. The maximum absolute atomic E-state index is 6.05. The summed E-state index contributed by atoms with van der Waals surface area (Å²) in [6, 6.07) is 10.2. The lowest BCUT2D eigenvalue weighted by molar-refractivity contribution is 0.0944. The van der Waals surface area contributed by atoms with Gasteiger partial charge in [0.05, 0.1) is 13.2 Å². The van der Waals surface area contributed by atoms with E-state index in [1.807, 2.05) is 18.2 Å². The van der Waals surface area contributed by atoms with Gasteiger partial charge in [-0.05, 0) is 30.7 Å². The zero-order valence-corrected chi connectivity index (χ0v) is 13.0. The number of nitrogens with two attached hydrogens (primary N) is 1. The number of nitrogens with zero attached hydrogens (tertiary/aromatic N) is 2. The van der Waals surface area contributed by atoms with Gasteiger partial charge in [0.25, 0.3) is 0 Å². The van der Waals surface area contributed by atoms with Crippen LogP contribution in [0.1, 0.15) is 31.7 Å². The number of ether oxygens (including phenoxy) is 1. The van der Waals surface area contributed by atoms with E-state index < -0.39 is 0 Å². The average Bonchev–Trinajstić information content (AvgIpc) is 2.54. The molecule has 0 radical (unpaired) electrons. The van der Waals surface area contributed by atoms with Crippen molar-refractivity contribution in [3.05, 3.63) is 35.9 Å². The van der Waals surface area contributed by atoms with Crippen molar-refractivity contribution >= 4 is 5.96 Å². The molecule has 4 heteroatoms. The second kappa shape index (κ2) is 8.67. The van der Waals surface area contributed by atoms with Crippen LogP contribution in [-0.4, -0.2) is 37.1 Å². The quantitative estimate of drug-likeness (QED) is 0.647. The Labute approximate surface area is 128 Å². The van der Waals surface area contributed by atoms with E-state index in [1.54, 1.807) is 0 Å². The van der Waals surface area contributed by atoms with Gasteiger partial charge in [-0.2, -0.15) is 0 Å². The number of aliphatic imine (C=N–C) groups is 1. The molecule has 21 heavy (non-hydrogen) atoms. The summed E-state index contributed by atoms with van der Waals surface area (Å²) in [4.78, 5) is 6.71. The fraction of sp³-hybridized carbons (Fsp3) is 0.588. The highest BCUT2D eigenvalue weighted by molar-refractivity contribution is 5.78. The van der Waals surface area contributed by atoms with Crippen LogP contribution < -0.4 is 5.73 Å². The van der Waals surface area contributed by atoms with Crippen LogP contribution in [0.3, 0.4) is 0 Å². The monoisotopic (exact) mass is 289 g/mol. The molecule has 0 aromatic heterocycles. The molecular formula is C17H27N3O. The normalized spacial score (nSPS) is 17.8. The first kappa shape index (κ1) is 15.8. The predicted molar refractivity (Wildman–Crippen MR) is 87.2 cm³/mol. The molecule has 1 atom stereocenters. The molecule has 4 nitrogen and oxygen atoms in total. The molecule has 0 bridgehead atoms. The second-order valence-corrected chi connectivity index (χ2v) is 5.85. The predicted octanol–water partition coefficient (Wildman–Crippen LogP) is 2.64. The number of guanidine groups is 1. The van der Waals surface area contributed by atoms with Crippen LogP contribution in [0.4, 0.5) is 0 Å². The second-order valence-electron chi connectivity index (χ2n) is 5.85. The smallest absolute Gasteiger partial charge is 0.191 e. The third-order valence-electron chi connectivity index (χ3n) is 3.76. The lowest BCUT2D eigenvalue weighted by atomic mass is 10.1. The van der Waals surface area contributed by atoms with Gasteiger partial charge >= 0.3 is 0 Å². The Balaban J connectivity index is 1.65. The molecule has 1 heterocycles. The van der Waals surface area contributed by atoms with Crippen molar-refractivity contribution in [3.8, 4) is 0 Å². The van der Waals surface area contributed by atoms with Crippen LogP contribution in [0.2, 0.25) is 0 Å². The van der Waals surface area contributed by atoms with Crippen molar-refractivity contribution < 1.29 is 4.74 Å². The summed E-state index contributed by atoms with van der Waals surface area (Å²) in [5.74, 6) is 1.08. The van der Waals surface area contributed by atoms with Crippen LogP contribution >= 0.6 is 0 Å². The standard InChI is InChI=1S/C17H27N3O/c1-15(13-21-14-16-8-4-2-5-9-16)12-19-17(18)20-10-6-3-7-11-20/h2,4-5,8-9,15H,3,6-7,10-14H2,1H3,(H2,18,19). The van der Waals surface area contributed by atoms with E-state index >= 15 is 0 Å². The number of likely N-dealkylation sites (tertiary alicyclic amines) is 1. The first-order chi connectivity index (χ1) is 10.3. The molecule has 1 fully saturated rings. The van der Waals surface area contributed by atoms with E-state index in [4.69, 9.17) is 10.5 Å². The molecule has 1 aromatic rings. The van der Waals surface area contributed by atoms with Gasteiger partial charge in [0.15, 0.2) is 5.96 Å². The Hall–Kier alpha value is -1.55. The number of rotatable bonds is 6. The lowest BCUT2D eigenvalue weighted by Crippen LogP contribution is -2.41. The van der Waals surface area contributed by atoms with E-state index in [9.17, 15) is 0 Å². The first-order valence-corrected chi connectivity index (χ1v) is 7.92. The molecule has 1 aliphatic heterocycles. The molecule has 1 saturated heterocycles. The third-order valence-corrected chi connectivity index (χ3v) is 3.76. The molecule has 0 aliphatic carbocycles. The maximum atomic E-state index is 6.05. The molecule has 1 aliphatic rings. The summed E-state index contributed by atoms with van der Waals surface area (Å²) in [6.45, 7) is 6.36. The Kier molecular flexibility index (Phi) is 6.54. The van der Waals surface area contributed by atoms with Crippen molar-refractivity contribution in [3.63, 3.8) is 0 Å². The largest absolute Gasteiger partial charge is 0.376 e. The van der Waals surface area contributed by atoms with Gasteiger partial charge < -0.3 is 15.4 Å². The average molecular weight is 289 g/mol. The van der Waals surface area contributed by atoms with Crippen molar-refractivity contribution in [2.75, 3.05) is 26.2 Å². The van der Waals surface area contributed by atoms with Gasteiger partial charge in [-0.1, -0.05) is 37.3 Å². The molecule has 1 aromatic carbocycles. The zero-order chi connectivity index (χ0) is 14.9. The maximum Gasteiger partial charge on any atom is 0.191 e. The fourth-order valence-corrected chi connectivity index (χ4v) is 2.48. The molecule has 0 amide bonds. The topological polar surface area (TPSA) is 50.8 Å².